The summed E-state index contributed by atoms with van der Waals surface area (Å²) >= 11 is 0. The molecule has 0 unspecified atom stereocenters. The quantitative estimate of drug-likeness (QED) is 0.375. The van der Waals surface area contributed by atoms with Crippen LogP contribution in [0.2, 0.25) is 0 Å². The number of hydrogen-bond acceptors (Lipinski definition) is 5. The Labute approximate surface area is 228 Å². The van der Waals surface area contributed by atoms with Gasteiger partial charge >= 0.3 is 13.2 Å². The van der Waals surface area contributed by atoms with Crippen LogP contribution >= 0.6 is 0 Å². The summed E-state index contributed by atoms with van der Waals surface area (Å²) < 4.78 is 32.5. The SMILES string of the molecule is CC1(C)OB(C(=Cc2ccc(CO)c(F)c2)CNC(=O)OCC2c3ccccc3-c3ccccc32)OC1(C)C. The first-order valence-electron chi connectivity index (χ1n) is 13.1. The standard InChI is InChI=1S/C31H33BFNO5/c1-30(2)31(3,4)39-32(38-30)22(15-20-13-14-21(18-35)28(33)16-20)17-34-29(36)37-19-27-25-11-7-5-9-23(25)24-10-6-8-12-26(24)27/h5-16,27,35H,17-19H2,1-4H3,(H,34,36). The van der Waals surface area contributed by atoms with E-state index in [1.165, 1.54) is 12.1 Å². The van der Waals surface area contributed by atoms with Gasteiger partial charge in [-0.2, -0.15) is 0 Å². The zero-order valence-corrected chi connectivity index (χ0v) is 22.7. The third-order valence-corrected chi connectivity index (χ3v) is 7.94. The van der Waals surface area contributed by atoms with Crippen molar-refractivity contribution >= 4 is 19.3 Å². The van der Waals surface area contributed by atoms with E-state index in [2.05, 4.69) is 29.6 Å². The maximum absolute atomic E-state index is 14.4. The van der Waals surface area contributed by atoms with Gasteiger partial charge in [0.1, 0.15) is 12.4 Å². The highest BCUT2D eigenvalue weighted by Crippen LogP contribution is 2.44. The lowest BCUT2D eigenvalue weighted by Crippen LogP contribution is -2.41. The van der Waals surface area contributed by atoms with Crippen LogP contribution in [0.3, 0.4) is 0 Å². The molecule has 0 aromatic heterocycles. The Kier molecular flexibility index (Phi) is 7.38. The van der Waals surface area contributed by atoms with Crippen LogP contribution in [-0.4, -0.2) is 42.7 Å². The Morgan fingerprint density at radius 1 is 1.00 bits per heavy atom. The minimum Gasteiger partial charge on any atom is -0.449 e. The van der Waals surface area contributed by atoms with E-state index < -0.39 is 30.2 Å². The fourth-order valence-electron chi connectivity index (χ4n) is 5.02. The van der Waals surface area contributed by atoms with E-state index in [4.69, 9.17) is 14.0 Å². The molecular formula is C31H33BFNO5. The summed E-state index contributed by atoms with van der Waals surface area (Å²) in [6.45, 7) is 7.67. The Bertz CT molecular complexity index is 1360. The molecular weight excluding hydrogens is 496 g/mol. The smallest absolute Gasteiger partial charge is 0.449 e. The van der Waals surface area contributed by atoms with Crippen LogP contribution in [-0.2, 0) is 20.7 Å². The Hall–Kier alpha value is -3.46. The zero-order valence-electron chi connectivity index (χ0n) is 22.7. The first-order valence-corrected chi connectivity index (χ1v) is 13.1. The molecule has 39 heavy (non-hydrogen) atoms. The van der Waals surface area contributed by atoms with Crippen molar-refractivity contribution in [3.8, 4) is 11.1 Å². The maximum atomic E-state index is 14.4. The van der Waals surface area contributed by atoms with Crippen molar-refractivity contribution in [1.82, 2.24) is 5.32 Å². The average molecular weight is 529 g/mol. The first kappa shape index (κ1) is 27.1. The van der Waals surface area contributed by atoms with Crippen LogP contribution in [0.5, 0.6) is 0 Å². The summed E-state index contributed by atoms with van der Waals surface area (Å²) in [5.41, 5.74) is 4.79. The molecule has 0 saturated carbocycles. The van der Waals surface area contributed by atoms with Gasteiger partial charge in [0.25, 0.3) is 0 Å². The van der Waals surface area contributed by atoms with E-state index >= 15 is 0 Å². The largest absolute Gasteiger partial charge is 0.492 e. The van der Waals surface area contributed by atoms with Crippen LogP contribution in [0.4, 0.5) is 9.18 Å². The molecule has 2 aliphatic rings. The predicted octanol–water partition coefficient (Wildman–Crippen LogP) is 5.87. The molecule has 2 N–H and O–H groups in total. The molecule has 3 aromatic rings. The number of hydrogen-bond donors (Lipinski definition) is 2. The van der Waals surface area contributed by atoms with Crippen LogP contribution in [0, 0.1) is 5.82 Å². The lowest BCUT2D eigenvalue weighted by atomic mass is 9.77. The van der Waals surface area contributed by atoms with Gasteiger partial charge in [0.05, 0.1) is 17.8 Å². The second-order valence-corrected chi connectivity index (χ2v) is 11.0. The summed E-state index contributed by atoms with van der Waals surface area (Å²) in [7, 11) is -0.746. The summed E-state index contributed by atoms with van der Waals surface area (Å²) in [5.74, 6) is -0.557. The molecule has 0 spiro atoms. The van der Waals surface area contributed by atoms with Gasteiger partial charge in [-0.25, -0.2) is 9.18 Å². The van der Waals surface area contributed by atoms with Gasteiger partial charge in [-0.05, 0) is 67.1 Å². The molecule has 0 radical (unpaired) electrons. The third-order valence-electron chi connectivity index (χ3n) is 7.94. The molecule has 1 heterocycles. The molecule has 1 fully saturated rings. The molecule has 1 saturated heterocycles. The highest BCUT2D eigenvalue weighted by atomic mass is 19.1. The number of ether oxygens (including phenoxy) is 1. The number of benzene rings is 3. The van der Waals surface area contributed by atoms with Crippen molar-refractivity contribution < 1.29 is 28.3 Å². The van der Waals surface area contributed by atoms with Crippen molar-refractivity contribution in [2.75, 3.05) is 13.2 Å². The van der Waals surface area contributed by atoms with E-state index in [0.29, 0.717) is 11.0 Å². The fraction of sp³-hybridized carbons (Fsp3) is 0.323. The minimum atomic E-state index is -0.746. The van der Waals surface area contributed by atoms with Crippen LogP contribution in [0.1, 0.15) is 55.9 Å². The highest BCUT2D eigenvalue weighted by molar-refractivity contribution is 6.56. The highest BCUT2D eigenvalue weighted by Gasteiger charge is 2.52. The van der Waals surface area contributed by atoms with E-state index in [1.54, 1.807) is 12.1 Å². The lowest BCUT2D eigenvalue weighted by molar-refractivity contribution is 0.00578. The number of amides is 1. The fourth-order valence-corrected chi connectivity index (χ4v) is 5.02. The number of carbonyl (C=O) groups excluding carboxylic acids is 1. The molecule has 1 amide bonds. The van der Waals surface area contributed by atoms with Gasteiger partial charge in [0.15, 0.2) is 0 Å². The number of carbonyl (C=O) groups is 1. The Morgan fingerprint density at radius 2 is 1.59 bits per heavy atom. The van der Waals surface area contributed by atoms with Crippen LogP contribution < -0.4 is 5.32 Å². The number of nitrogens with one attached hydrogen (secondary N) is 1. The summed E-state index contributed by atoms with van der Waals surface area (Å²) in [6, 6.07) is 20.9. The number of aliphatic hydroxyl groups excluding tert-OH is 1. The molecule has 0 bridgehead atoms. The minimum absolute atomic E-state index is 0.0470. The topological polar surface area (TPSA) is 77.0 Å². The van der Waals surface area contributed by atoms with Gasteiger partial charge in [-0.3, -0.25) is 0 Å². The van der Waals surface area contributed by atoms with Gasteiger partial charge in [-0.15, -0.1) is 0 Å². The van der Waals surface area contributed by atoms with Crippen molar-refractivity contribution in [3.05, 3.63) is 100 Å². The van der Waals surface area contributed by atoms with Gasteiger partial charge in [0, 0.05) is 18.0 Å². The first-order chi connectivity index (χ1) is 18.6. The summed E-state index contributed by atoms with van der Waals surface area (Å²) in [4.78, 5) is 12.9. The number of fused-ring (bicyclic) bond motifs is 3. The van der Waals surface area contributed by atoms with Crippen molar-refractivity contribution in [1.29, 1.82) is 0 Å². The monoisotopic (exact) mass is 529 g/mol. The van der Waals surface area contributed by atoms with Gasteiger partial charge in [0.2, 0.25) is 0 Å². The van der Waals surface area contributed by atoms with Gasteiger partial charge in [-0.1, -0.05) is 66.7 Å². The van der Waals surface area contributed by atoms with Crippen molar-refractivity contribution in [3.63, 3.8) is 0 Å². The second-order valence-electron chi connectivity index (χ2n) is 11.0. The van der Waals surface area contributed by atoms with E-state index in [-0.39, 0.29) is 31.2 Å². The number of rotatable bonds is 7. The molecule has 1 aliphatic carbocycles. The maximum Gasteiger partial charge on any atom is 0.492 e. The molecule has 202 valence electrons. The Balaban J connectivity index is 1.31. The average Bonchev–Trinajstić information content (AvgIpc) is 3.34. The number of halogens is 1. The number of alkyl carbamates (subject to hydrolysis) is 1. The zero-order chi connectivity index (χ0) is 27.8. The molecule has 3 aromatic carbocycles. The Morgan fingerprint density at radius 3 is 2.15 bits per heavy atom. The van der Waals surface area contributed by atoms with E-state index in [9.17, 15) is 14.3 Å². The molecule has 5 rings (SSSR count). The molecule has 8 heteroatoms. The predicted molar refractivity (Wildman–Crippen MR) is 149 cm³/mol. The molecule has 1 aliphatic heterocycles. The second kappa shape index (κ2) is 10.6. The molecule has 0 atom stereocenters. The van der Waals surface area contributed by atoms with Crippen molar-refractivity contribution in [2.45, 2.75) is 51.4 Å². The number of aliphatic hydroxyl groups is 1. The van der Waals surface area contributed by atoms with Gasteiger partial charge < -0.3 is 24.5 Å². The van der Waals surface area contributed by atoms with Crippen LogP contribution in [0.15, 0.2) is 72.2 Å². The third kappa shape index (κ3) is 5.37. The lowest BCUT2D eigenvalue weighted by Gasteiger charge is -2.32. The van der Waals surface area contributed by atoms with Crippen molar-refractivity contribution in [2.24, 2.45) is 0 Å². The van der Waals surface area contributed by atoms with E-state index in [0.717, 1.165) is 22.3 Å². The van der Waals surface area contributed by atoms with Crippen LogP contribution in [0.25, 0.3) is 17.2 Å². The molecule has 6 nitrogen and oxygen atoms in total. The summed E-state index contributed by atoms with van der Waals surface area (Å²) in [5, 5.41) is 12.1. The normalized spacial score (nSPS) is 17.6. The van der Waals surface area contributed by atoms with E-state index in [1.807, 2.05) is 52.0 Å². The summed E-state index contributed by atoms with van der Waals surface area (Å²) in [6.07, 6.45) is 1.16.